The van der Waals surface area contributed by atoms with Crippen LogP contribution in [0.2, 0.25) is 0 Å². The third kappa shape index (κ3) is 5.00. The maximum atomic E-state index is 8.60. The first kappa shape index (κ1) is 15.1. The first-order valence-electron chi connectivity index (χ1n) is 7.05. The van der Waals surface area contributed by atoms with Crippen molar-refractivity contribution in [3.05, 3.63) is 23.8 Å². The maximum Gasteiger partial charge on any atom is 0.161 e. The quantitative estimate of drug-likeness (QED) is 0.634. The molecule has 5 heteroatoms. The molecule has 1 fully saturated rings. The van der Waals surface area contributed by atoms with E-state index in [2.05, 4.69) is 5.32 Å². The number of hydrogen-bond donors (Lipinski definition) is 2. The van der Waals surface area contributed by atoms with Crippen molar-refractivity contribution in [1.29, 1.82) is 0 Å². The summed E-state index contributed by atoms with van der Waals surface area (Å²) in [7, 11) is 1.64. The lowest BCUT2D eigenvalue weighted by molar-refractivity contribution is 0.0699. The number of nitrogens with one attached hydrogen (secondary N) is 1. The number of methoxy groups -OCH3 is 1. The SMILES string of the molecule is COc1cc(CNC2CC2)ccc1OCCOCCO. The fraction of sp³-hybridized carbons (Fsp3) is 0.600. The van der Waals surface area contributed by atoms with Gasteiger partial charge in [-0.2, -0.15) is 0 Å². The molecule has 1 aromatic rings. The molecule has 0 saturated heterocycles. The Balaban J connectivity index is 1.81. The average Bonchev–Trinajstić information content (AvgIpc) is 3.29. The largest absolute Gasteiger partial charge is 0.493 e. The number of ether oxygens (including phenoxy) is 3. The number of aliphatic hydroxyl groups is 1. The second-order valence-corrected chi connectivity index (χ2v) is 4.82. The molecule has 5 nitrogen and oxygen atoms in total. The Morgan fingerprint density at radius 1 is 1.20 bits per heavy atom. The lowest BCUT2D eigenvalue weighted by atomic mass is 10.2. The van der Waals surface area contributed by atoms with Crippen molar-refractivity contribution < 1.29 is 19.3 Å². The molecule has 2 N–H and O–H groups in total. The van der Waals surface area contributed by atoms with E-state index in [-0.39, 0.29) is 6.61 Å². The van der Waals surface area contributed by atoms with E-state index in [0.29, 0.717) is 25.9 Å². The molecule has 0 spiro atoms. The van der Waals surface area contributed by atoms with E-state index in [0.717, 1.165) is 18.0 Å². The van der Waals surface area contributed by atoms with Crippen molar-refractivity contribution >= 4 is 0 Å². The van der Waals surface area contributed by atoms with E-state index < -0.39 is 0 Å². The van der Waals surface area contributed by atoms with Crippen LogP contribution in [0.5, 0.6) is 11.5 Å². The van der Waals surface area contributed by atoms with Gasteiger partial charge in [0.05, 0.1) is 26.9 Å². The van der Waals surface area contributed by atoms with Gasteiger partial charge in [0, 0.05) is 12.6 Å². The second-order valence-electron chi connectivity index (χ2n) is 4.82. The van der Waals surface area contributed by atoms with Crippen molar-refractivity contribution in [2.45, 2.75) is 25.4 Å². The summed E-state index contributed by atoms with van der Waals surface area (Å²) < 4.78 is 16.1. The fourth-order valence-electron chi connectivity index (χ4n) is 1.87. The van der Waals surface area contributed by atoms with Crippen molar-refractivity contribution in [3.8, 4) is 11.5 Å². The van der Waals surface area contributed by atoms with E-state index in [9.17, 15) is 0 Å². The van der Waals surface area contributed by atoms with Gasteiger partial charge in [0.15, 0.2) is 11.5 Å². The average molecular weight is 281 g/mol. The monoisotopic (exact) mass is 281 g/mol. The molecule has 1 aliphatic rings. The Morgan fingerprint density at radius 3 is 2.75 bits per heavy atom. The lowest BCUT2D eigenvalue weighted by Crippen LogP contribution is -2.15. The van der Waals surface area contributed by atoms with Crippen molar-refractivity contribution in [1.82, 2.24) is 5.32 Å². The van der Waals surface area contributed by atoms with Crippen LogP contribution in [0.3, 0.4) is 0 Å². The van der Waals surface area contributed by atoms with Crippen LogP contribution >= 0.6 is 0 Å². The molecular weight excluding hydrogens is 258 g/mol. The van der Waals surface area contributed by atoms with Crippen LogP contribution in [0.25, 0.3) is 0 Å². The number of rotatable bonds is 10. The summed E-state index contributed by atoms with van der Waals surface area (Å²) in [5, 5.41) is 12.1. The molecule has 0 heterocycles. The highest BCUT2D eigenvalue weighted by molar-refractivity contribution is 5.43. The Kier molecular flexibility index (Phi) is 6.11. The highest BCUT2D eigenvalue weighted by Gasteiger charge is 2.20. The Bertz CT molecular complexity index is 407. The molecule has 0 unspecified atom stereocenters. The molecule has 1 saturated carbocycles. The molecule has 112 valence electrons. The van der Waals surface area contributed by atoms with Gasteiger partial charge >= 0.3 is 0 Å². The van der Waals surface area contributed by atoms with E-state index in [1.807, 2.05) is 18.2 Å². The molecule has 0 aliphatic heterocycles. The summed E-state index contributed by atoms with van der Waals surface area (Å²) in [6.07, 6.45) is 2.57. The zero-order valence-corrected chi connectivity index (χ0v) is 11.9. The van der Waals surface area contributed by atoms with E-state index >= 15 is 0 Å². The first-order chi connectivity index (χ1) is 9.83. The predicted octanol–water partition coefficient (Wildman–Crippen LogP) is 1.33. The van der Waals surface area contributed by atoms with E-state index in [1.165, 1.54) is 18.4 Å². The van der Waals surface area contributed by atoms with Crippen LogP contribution in [0.1, 0.15) is 18.4 Å². The minimum Gasteiger partial charge on any atom is -0.493 e. The normalized spacial score (nSPS) is 14.3. The van der Waals surface area contributed by atoms with Gasteiger partial charge in [-0.15, -0.1) is 0 Å². The number of aliphatic hydroxyl groups excluding tert-OH is 1. The molecule has 1 aliphatic carbocycles. The molecule has 2 rings (SSSR count). The fourth-order valence-corrected chi connectivity index (χ4v) is 1.87. The van der Waals surface area contributed by atoms with Crippen molar-refractivity contribution in [2.75, 3.05) is 33.5 Å². The van der Waals surface area contributed by atoms with Gasteiger partial charge in [0.25, 0.3) is 0 Å². The first-order valence-corrected chi connectivity index (χ1v) is 7.05. The van der Waals surface area contributed by atoms with Crippen molar-refractivity contribution in [2.24, 2.45) is 0 Å². The maximum absolute atomic E-state index is 8.60. The van der Waals surface area contributed by atoms with Gasteiger partial charge in [0.2, 0.25) is 0 Å². The van der Waals surface area contributed by atoms with E-state index in [1.54, 1.807) is 7.11 Å². The molecule has 20 heavy (non-hydrogen) atoms. The van der Waals surface area contributed by atoms with Crippen LogP contribution in [-0.2, 0) is 11.3 Å². The third-order valence-corrected chi connectivity index (χ3v) is 3.12. The summed E-state index contributed by atoms with van der Waals surface area (Å²) in [6.45, 7) is 2.13. The summed E-state index contributed by atoms with van der Waals surface area (Å²) in [5.74, 6) is 1.46. The Hall–Kier alpha value is -1.30. The Morgan fingerprint density at radius 2 is 2.05 bits per heavy atom. The molecule has 0 bridgehead atoms. The standard InChI is InChI=1S/C15H23NO4/c1-18-15-10-12(11-16-13-3-4-13)2-5-14(15)20-9-8-19-7-6-17/h2,5,10,13,16-17H,3-4,6-9,11H2,1H3. The number of hydrogen-bond acceptors (Lipinski definition) is 5. The topological polar surface area (TPSA) is 60.0 Å². The van der Waals surface area contributed by atoms with Gasteiger partial charge in [0.1, 0.15) is 6.61 Å². The zero-order chi connectivity index (χ0) is 14.2. The summed E-state index contributed by atoms with van der Waals surface area (Å²) >= 11 is 0. The third-order valence-electron chi connectivity index (χ3n) is 3.12. The number of benzene rings is 1. The van der Waals surface area contributed by atoms with Gasteiger partial charge in [-0.3, -0.25) is 0 Å². The molecule has 0 aromatic heterocycles. The lowest BCUT2D eigenvalue weighted by Gasteiger charge is -2.12. The van der Waals surface area contributed by atoms with Gasteiger partial charge in [-0.25, -0.2) is 0 Å². The van der Waals surface area contributed by atoms with Crippen LogP contribution in [0.4, 0.5) is 0 Å². The molecular formula is C15H23NO4. The predicted molar refractivity (Wildman–Crippen MR) is 76.3 cm³/mol. The summed E-state index contributed by atoms with van der Waals surface area (Å²) in [6, 6.07) is 6.66. The summed E-state index contributed by atoms with van der Waals surface area (Å²) in [5.41, 5.74) is 1.19. The van der Waals surface area contributed by atoms with Crippen LogP contribution < -0.4 is 14.8 Å². The van der Waals surface area contributed by atoms with Crippen molar-refractivity contribution in [3.63, 3.8) is 0 Å². The van der Waals surface area contributed by atoms with Gasteiger partial charge < -0.3 is 24.6 Å². The second kappa shape index (κ2) is 8.09. The molecule has 0 radical (unpaired) electrons. The highest BCUT2D eigenvalue weighted by atomic mass is 16.5. The van der Waals surface area contributed by atoms with Crippen LogP contribution in [0.15, 0.2) is 18.2 Å². The molecule has 1 aromatic carbocycles. The van der Waals surface area contributed by atoms with Crippen LogP contribution in [-0.4, -0.2) is 44.7 Å². The highest BCUT2D eigenvalue weighted by Crippen LogP contribution is 2.28. The minimum absolute atomic E-state index is 0.0337. The van der Waals surface area contributed by atoms with Gasteiger partial charge in [-0.05, 0) is 30.5 Å². The smallest absolute Gasteiger partial charge is 0.161 e. The van der Waals surface area contributed by atoms with Gasteiger partial charge in [-0.1, -0.05) is 6.07 Å². The molecule has 0 amide bonds. The molecule has 0 atom stereocenters. The Labute approximate surface area is 119 Å². The van der Waals surface area contributed by atoms with Crippen LogP contribution in [0, 0.1) is 0 Å². The van der Waals surface area contributed by atoms with E-state index in [4.69, 9.17) is 19.3 Å². The summed E-state index contributed by atoms with van der Waals surface area (Å²) in [4.78, 5) is 0. The minimum atomic E-state index is 0.0337. The zero-order valence-electron chi connectivity index (χ0n) is 11.9.